The Balaban J connectivity index is 2.26. The molecular formula is C14H21NO4. The Morgan fingerprint density at radius 2 is 2.05 bits per heavy atom. The molecule has 0 aliphatic rings. The maximum Gasteiger partial charge on any atom is 0.257 e. The third-order valence-electron chi connectivity index (χ3n) is 2.58. The van der Waals surface area contributed by atoms with Gasteiger partial charge < -0.3 is 19.9 Å². The number of aliphatic hydroxyl groups excluding tert-OH is 1. The molecule has 0 spiro atoms. The van der Waals surface area contributed by atoms with E-state index in [1.54, 1.807) is 38.3 Å². The van der Waals surface area contributed by atoms with E-state index < -0.39 is 6.10 Å². The first-order valence-electron chi connectivity index (χ1n) is 6.30. The second kappa shape index (κ2) is 8.50. The number of hydrogen-bond donors (Lipinski definition) is 2. The summed E-state index contributed by atoms with van der Waals surface area (Å²) in [4.78, 5) is 11.4. The second-order valence-corrected chi connectivity index (χ2v) is 4.23. The van der Waals surface area contributed by atoms with E-state index >= 15 is 0 Å². The van der Waals surface area contributed by atoms with Crippen LogP contribution in [-0.4, -0.2) is 37.9 Å². The Labute approximate surface area is 113 Å². The molecule has 0 fully saturated rings. The van der Waals surface area contributed by atoms with E-state index in [0.29, 0.717) is 18.9 Å². The normalized spacial score (nSPS) is 11.9. The maximum absolute atomic E-state index is 11.4. The molecule has 1 amide bonds. The molecule has 0 aliphatic heterocycles. The first-order chi connectivity index (χ1) is 9.13. The zero-order chi connectivity index (χ0) is 14.1. The third kappa shape index (κ3) is 6.22. The minimum absolute atomic E-state index is 0.0129. The summed E-state index contributed by atoms with van der Waals surface area (Å²) in [5.41, 5.74) is 0.816. The van der Waals surface area contributed by atoms with Gasteiger partial charge in [-0.2, -0.15) is 0 Å². The molecule has 0 aliphatic carbocycles. The van der Waals surface area contributed by atoms with Gasteiger partial charge in [-0.25, -0.2) is 0 Å². The van der Waals surface area contributed by atoms with E-state index in [4.69, 9.17) is 9.47 Å². The van der Waals surface area contributed by atoms with Crippen LogP contribution in [-0.2, 0) is 9.53 Å². The van der Waals surface area contributed by atoms with Gasteiger partial charge >= 0.3 is 0 Å². The van der Waals surface area contributed by atoms with Crippen LogP contribution in [0.1, 0.15) is 25.0 Å². The topological polar surface area (TPSA) is 67.8 Å². The predicted molar refractivity (Wildman–Crippen MR) is 72.1 cm³/mol. The number of carbonyl (C=O) groups is 1. The average molecular weight is 267 g/mol. The van der Waals surface area contributed by atoms with Gasteiger partial charge in [0.25, 0.3) is 5.91 Å². The van der Waals surface area contributed by atoms with E-state index in [-0.39, 0.29) is 12.5 Å². The molecule has 0 unspecified atom stereocenters. The van der Waals surface area contributed by atoms with Crippen LogP contribution in [0.4, 0.5) is 0 Å². The highest BCUT2D eigenvalue weighted by Crippen LogP contribution is 2.16. The van der Waals surface area contributed by atoms with Crippen molar-refractivity contribution in [3.05, 3.63) is 29.8 Å². The largest absolute Gasteiger partial charge is 0.484 e. The standard InChI is InChI=1S/C14H21NO4/c1-11(16)12-4-6-13(7-5-12)19-10-14(17)15-8-3-9-18-2/h4-7,11,16H,3,8-10H2,1-2H3,(H,15,17)/t11-/m1/s1. The van der Waals surface area contributed by atoms with Gasteiger partial charge in [-0.05, 0) is 31.0 Å². The van der Waals surface area contributed by atoms with Crippen molar-refractivity contribution in [2.75, 3.05) is 26.9 Å². The van der Waals surface area contributed by atoms with Crippen LogP contribution in [0, 0.1) is 0 Å². The molecule has 2 N–H and O–H groups in total. The van der Waals surface area contributed by atoms with Crippen molar-refractivity contribution in [3.8, 4) is 5.75 Å². The van der Waals surface area contributed by atoms with Crippen LogP contribution in [0.2, 0.25) is 0 Å². The maximum atomic E-state index is 11.4. The lowest BCUT2D eigenvalue weighted by Crippen LogP contribution is -2.30. The minimum Gasteiger partial charge on any atom is -0.484 e. The zero-order valence-corrected chi connectivity index (χ0v) is 11.4. The number of hydrogen-bond acceptors (Lipinski definition) is 4. The van der Waals surface area contributed by atoms with Crippen LogP contribution in [0.5, 0.6) is 5.75 Å². The molecule has 1 atom stereocenters. The SMILES string of the molecule is COCCCNC(=O)COc1ccc([C@@H](C)O)cc1. The van der Waals surface area contributed by atoms with E-state index in [1.807, 2.05) is 0 Å². The molecule has 106 valence electrons. The first-order valence-corrected chi connectivity index (χ1v) is 6.30. The highest BCUT2D eigenvalue weighted by molar-refractivity contribution is 5.77. The van der Waals surface area contributed by atoms with E-state index in [1.165, 1.54) is 0 Å². The fourth-order valence-electron chi connectivity index (χ4n) is 1.49. The first kappa shape index (κ1) is 15.5. The number of carbonyl (C=O) groups excluding carboxylic acids is 1. The van der Waals surface area contributed by atoms with Gasteiger partial charge in [0.1, 0.15) is 5.75 Å². The van der Waals surface area contributed by atoms with Crippen LogP contribution < -0.4 is 10.1 Å². The Kier molecular flexibility index (Phi) is 6.92. The molecule has 1 aromatic carbocycles. The van der Waals surface area contributed by atoms with Crippen LogP contribution in [0.15, 0.2) is 24.3 Å². The molecule has 0 bridgehead atoms. The Morgan fingerprint density at radius 1 is 1.37 bits per heavy atom. The molecule has 5 heteroatoms. The molecule has 0 aromatic heterocycles. The average Bonchev–Trinajstić information content (AvgIpc) is 2.42. The molecule has 0 saturated carbocycles. The van der Waals surface area contributed by atoms with Gasteiger partial charge in [-0.3, -0.25) is 4.79 Å². The molecule has 0 saturated heterocycles. The highest BCUT2D eigenvalue weighted by atomic mass is 16.5. The quantitative estimate of drug-likeness (QED) is 0.696. The lowest BCUT2D eigenvalue weighted by molar-refractivity contribution is -0.123. The number of amides is 1. The van der Waals surface area contributed by atoms with E-state index in [2.05, 4.69) is 5.32 Å². The lowest BCUT2D eigenvalue weighted by Gasteiger charge is -2.09. The van der Waals surface area contributed by atoms with Crippen molar-refractivity contribution in [1.82, 2.24) is 5.32 Å². The Morgan fingerprint density at radius 3 is 2.63 bits per heavy atom. The Hall–Kier alpha value is -1.59. The number of nitrogens with one attached hydrogen (secondary N) is 1. The summed E-state index contributed by atoms with van der Waals surface area (Å²) in [6.45, 7) is 2.89. The predicted octanol–water partition coefficient (Wildman–Crippen LogP) is 1.27. The van der Waals surface area contributed by atoms with Crippen molar-refractivity contribution in [3.63, 3.8) is 0 Å². The number of aliphatic hydroxyl groups is 1. The van der Waals surface area contributed by atoms with E-state index in [0.717, 1.165) is 12.0 Å². The van der Waals surface area contributed by atoms with Crippen LogP contribution >= 0.6 is 0 Å². The summed E-state index contributed by atoms with van der Waals surface area (Å²) >= 11 is 0. The molecule has 19 heavy (non-hydrogen) atoms. The van der Waals surface area contributed by atoms with Crippen molar-refractivity contribution in [1.29, 1.82) is 0 Å². The van der Waals surface area contributed by atoms with Crippen molar-refractivity contribution in [2.45, 2.75) is 19.4 Å². The minimum atomic E-state index is -0.502. The molecule has 0 radical (unpaired) electrons. The Bertz CT molecular complexity index is 376. The summed E-state index contributed by atoms with van der Waals surface area (Å²) in [5.74, 6) is 0.451. The third-order valence-corrected chi connectivity index (χ3v) is 2.58. The van der Waals surface area contributed by atoms with Crippen LogP contribution in [0.25, 0.3) is 0 Å². The van der Waals surface area contributed by atoms with E-state index in [9.17, 15) is 9.90 Å². The number of methoxy groups -OCH3 is 1. The highest BCUT2D eigenvalue weighted by Gasteiger charge is 2.03. The van der Waals surface area contributed by atoms with Gasteiger partial charge in [0.05, 0.1) is 6.10 Å². The van der Waals surface area contributed by atoms with Gasteiger partial charge in [-0.1, -0.05) is 12.1 Å². The molecular weight excluding hydrogens is 246 g/mol. The fourth-order valence-corrected chi connectivity index (χ4v) is 1.49. The summed E-state index contributed by atoms with van der Waals surface area (Å²) < 4.78 is 10.2. The van der Waals surface area contributed by atoms with Crippen LogP contribution in [0.3, 0.4) is 0 Å². The second-order valence-electron chi connectivity index (χ2n) is 4.23. The van der Waals surface area contributed by atoms with Gasteiger partial charge in [0.15, 0.2) is 6.61 Å². The summed E-state index contributed by atoms with van der Waals surface area (Å²) in [7, 11) is 1.63. The summed E-state index contributed by atoms with van der Waals surface area (Å²) in [6.07, 6.45) is 0.281. The van der Waals surface area contributed by atoms with Crippen molar-refractivity contribution >= 4 is 5.91 Å². The number of ether oxygens (including phenoxy) is 2. The van der Waals surface area contributed by atoms with Gasteiger partial charge in [0.2, 0.25) is 0 Å². The smallest absolute Gasteiger partial charge is 0.257 e. The zero-order valence-electron chi connectivity index (χ0n) is 11.4. The van der Waals surface area contributed by atoms with Crippen molar-refractivity contribution in [2.24, 2.45) is 0 Å². The number of rotatable bonds is 8. The fraction of sp³-hybridized carbons (Fsp3) is 0.500. The van der Waals surface area contributed by atoms with Gasteiger partial charge in [-0.15, -0.1) is 0 Å². The monoisotopic (exact) mass is 267 g/mol. The molecule has 1 rings (SSSR count). The summed E-state index contributed by atoms with van der Waals surface area (Å²) in [6, 6.07) is 7.02. The molecule has 1 aromatic rings. The number of benzene rings is 1. The molecule has 0 heterocycles. The van der Waals surface area contributed by atoms with Crippen molar-refractivity contribution < 1.29 is 19.4 Å². The van der Waals surface area contributed by atoms with Gasteiger partial charge in [0, 0.05) is 20.3 Å². The molecule has 5 nitrogen and oxygen atoms in total. The lowest BCUT2D eigenvalue weighted by atomic mass is 10.1. The summed E-state index contributed by atoms with van der Waals surface area (Å²) in [5, 5.41) is 12.1.